The van der Waals surface area contributed by atoms with Crippen molar-refractivity contribution in [1.29, 1.82) is 0 Å². The minimum absolute atomic E-state index is 0.242. The first-order valence-corrected chi connectivity index (χ1v) is 8.88. The molecular formula is C19H22ClN3O4. The SMILES string of the molecule is CCc1[nH]c(C(=O)NCCNC(=O)c2ccc(Cl)cc2)c(C)c1C(=O)OC. The lowest BCUT2D eigenvalue weighted by Gasteiger charge is -2.07. The second kappa shape index (κ2) is 9.23. The van der Waals surface area contributed by atoms with Gasteiger partial charge in [0, 0.05) is 29.4 Å². The van der Waals surface area contributed by atoms with Crippen LogP contribution in [0.15, 0.2) is 24.3 Å². The fourth-order valence-electron chi connectivity index (χ4n) is 2.67. The molecule has 1 aromatic heterocycles. The van der Waals surface area contributed by atoms with E-state index in [-0.39, 0.29) is 24.9 Å². The number of benzene rings is 1. The molecule has 2 rings (SSSR count). The molecule has 0 unspecified atom stereocenters. The van der Waals surface area contributed by atoms with E-state index in [1.807, 2.05) is 6.92 Å². The van der Waals surface area contributed by atoms with Crippen LogP contribution < -0.4 is 10.6 Å². The van der Waals surface area contributed by atoms with Gasteiger partial charge in [-0.05, 0) is 43.2 Å². The Balaban J connectivity index is 1.92. The van der Waals surface area contributed by atoms with Gasteiger partial charge in [-0.15, -0.1) is 0 Å². The van der Waals surface area contributed by atoms with Crippen LogP contribution in [-0.4, -0.2) is 43.0 Å². The molecule has 7 nitrogen and oxygen atoms in total. The van der Waals surface area contributed by atoms with Crippen molar-refractivity contribution in [3.63, 3.8) is 0 Å². The van der Waals surface area contributed by atoms with Crippen molar-refractivity contribution >= 4 is 29.4 Å². The number of esters is 1. The second-order valence-electron chi connectivity index (χ2n) is 5.84. The van der Waals surface area contributed by atoms with Crippen molar-refractivity contribution in [3.05, 3.63) is 57.4 Å². The first-order chi connectivity index (χ1) is 12.9. The van der Waals surface area contributed by atoms with Crippen LogP contribution >= 0.6 is 11.6 Å². The van der Waals surface area contributed by atoms with Crippen LogP contribution in [-0.2, 0) is 11.2 Å². The number of ether oxygens (including phenoxy) is 1. The third-order valence-corrected chi connectivity index (χ3v) is 4.35. The van der Waals surface area contributed by atoms with Crippen molar-refractivity contribution in [1.82, 2.24) is 15.6 Å². The summed E-state index contributed by atoms with van der Waals surface area (Å²) in [5.74, 6) is -1.08. The topological polar surface area (TPSA) is 100 Å². The van der Waals surface area contributed by atoms with Crippen molar-refractivity contribution in [2.75, 3.05) is 20.2 Å². The molecule has 0 fully saturated rings. The van der Waals surface area contributed by atoms with Gasteiger partial charge in [-0.25, -0.2) is 4.79 Å². The third-order valence-electron chi connectivity index (χ3n) is 4.10. The smallest absolute Gasteiger partial charge is 0.339 e. The summed E-state index contributed by atoms with van der Waals surface area (Å²) in [5, 5.41) is 5.99. The Hall–Kier alpha value is -2.80. The Morgan fingerprint density at radius 1 is 1.07 bits per heavy atom. The number of rotatable bonds is 7. The number of halogens is 1. The Morgan fingerprint density at radius 3 is 2.22 bits per heavy atom. The number of hydrogen-bond acceptors (Lipinski definition) is 4. The second-order valence-corrected chi connectivity index (χ2v) is 6.28. The summed E-state index contributed by atoms with van der Waals surface area (Å²) in [6.45, 7) is 4.08. The number of carbonyl (C=O) groups is 3. The maximum Gasteiger partial charge on any atom is 0.339 e. The van der Waals surface area contributed by atoms with Crippen molar-refractivity contribution in [2.24, 2.45) is 0 Å². The van der Waals surface area contributed by atoms with Gasteiger partial charge in [0.15, 0.2) is 0 Å². The van der Waals surface area contributed by atoms with Crippen LogP contribution in [0.1, 0.15) is 49.4 Å². The molecule has 27 heavy (non-hydrogen) atoms. The highest BCUT2D eigenvalue weighted by molar-refractivity contribution is 6.30. The van der Waals surface area contributed by atoms with Crippen LogP contribution in [0.3, 0.4) is 0 Å². The van der Waals surface area contributed by atoms with Crippen LogP contribution in [0.25, 0.3) is 0 Å². The number of methoxy groups -OCH3 is 1. The molecule has 144 valence electrons. The zero-order valence-corrected chi connectivity index (χ0v) is 16.2. The van der Waals surface area contributed by atoms with E-state index in [1.54, 1.807) is 31.2 Å². The molecular weight excluding hydrogens is 370 g/mol. The van der Waals surface area contributed by atoms with Gasteiger partial charge in [-0.2, -0.15) is 0 Å². The predicted molar refractivity (Wildman–Crippen MR) is 102 cm³/mol. The molecule has 0 radical (unpaired) electrons. The minimum Gasteiger partial charge on any atom is -0.465 e. The minimum atomic E-state index is -0.477. The van der Waals surface area contributed by atoms with E-state index in [9.17, 15) is 14.4 Å². The lowest BCUT2D eigenvalue weighted by molar-refractivity contribution is 0.0598. The molecule has 1 heterocycles. The fourth-order valence-corrected chi connectivity index (χ4v) is 2.80. The highest BCUT2D eigenvalue weighted by atomic mass is 35.5. The number of aromatic nitrogens is 1. The Kier molecular flexibility index (Phi) is 7.01. The molecule has 2 aromatic rings. The number of nitrogens with one attached hydrogen (secondary N) is 3. The number of aryl methyl sites for hydroxylation is 1. The summed E-state index contributed by atoms with van der Waals surface area (Å²) in [7, 11) is 1.30. The zero-order chi connectivity index (χ0) is 20.0. The first-order valence-electron chi connectivity index (χ1n) is 8.50. The zero-order valence-electron chi connectivity index (χ0n) is 15.4. The maximum atomic E-state index is 12.4. The summed E-state index contributed by atoms with van der Waals surface area (Å²) >= 11 is 5.79. The number of hydrogen-bond donors (Lipinski definition) is 3. The monoisotopic (exact) mass is 391 g/mol. The van der Waals surface area contributed by atoms with Gasteiger partial charge < -0.3 is 20.4 Å². The van der Waals surface area contributed by atoms with E-state index in [2.05, 4.69) is 15.6 Å². The molecule has 2 amide bonds. The number of amides is 2. The van der Waals surface area contributed by atoms with Gasteiger partial charge >= 0.3 is 5.97 Å². The molecule has 1 aromatic carbocycles. The quantitative estimate of drug-likeness (QED) is 0.498. The van der Waals surface area contributed by atoms with Crippen LogP contribution in [0.4, 0.5) is 0 Å². The fraction of sp³-hybridized carbons (Fsp3) is 0.316. The van der Waals surface area contributed by atoms with Gasteiger partial charge in [0.2, 0.25) is 0 Å². The molecule has 0 spiro atoms. The Labute approximate surface area is 162 Å². The summed E-state index contributed by atoms with van der Waals surface area (Å²) < 4.78 is 4.78. The first kappa shape index (κ1) is 20.5. The van der Waals surface area contributed by atoms with Crippen LogP contribution in [0.2, 0.25) is 5.02 Å². The highest BCUT2D eigenvalue weighted by Gasteiger charge is 2.23. The van der Waals surface area contributed by atoms with Gasteiger partial charge in [-0.3, -0.25) is 9.59 Å². The highest BCUT2D eigenvalue weighted by Crippen LogP contribution is 2.20. The van der Waals surface area contributed by atoms with Gasteiger partial charge in [0.1, 0.15) is 5.69 Å². The molecule has 8 heteroatoms. The van der Waals surface area contributed by atoms with E-state index >= 15 is 0 Å². The molecule has 0 aliphatic heterocycles. The largest absolute Gasteiger partial charge is 0.465 e. The summed E-state index contributed by atoms with van der Waals surface area (Å²) in [6.07, 6.45) is 0.565. The molecule has 0 bridgehead atoms. The van der Waals surface area contributed by atoms with Crippen molar-refractivity contribution in [2.45, 2.75) is 20.3 Å². The van der Waals surface area contributed by atoms with E-state index in [0.29, 0.717) is 39.5 Å². The summed E-state index contributed by atoms with van der Waals surface area (Å²) in [5.41, 5.74) is 2.39. The maximum absolute atomic E-state index is 12.4. The van der Waals surface area contributed by atoms with Crippen LogP contribution in [0.5, 0.6) is 0 Å². The third kappa shape index (κ3) is 4.89. The Bertz CT molecular complexity index is 843. The number of carbonyl (C=O) groups excluding carboxylic acids is 3. The van der Waals surface area contributed by atoms with E-state index < -0.39 is 5.97 Å². The standard InChI is InChI=1S/C19H22ClN3O4/c1-4-14-15(19(26)27-3)11(2)16(23-14)18(25)22-10-9-21-17(24)12-5-7-13(20)8-6-12/h5-8,23H,4,9-10H2,1-3H3,(H,21,24)(H,22,25). The number of aromatic amines is 1. The van der Waals surface area contributed by atoms with Crippen molar-refractivity contribution in [3.8, 4) is 0 Å². The average Bonchev–Trinajstić information content (AvgIpc) is 3.01. The average molecular weight is 392 g/mol. The van der Waals surface area contributed by atoms with Gasteiger partial charge in [0.25, 0.3) is 11.8 Å². The van der Waals surface area contributed by atoms with Crippen LogP contribution in [0, 0.1) is 6.92 Å². The molecule has 0 aliphatic rings. The van der Waals surface area contributed by atoms with Gasteiger partial charge in [0.05, 0.1) is 12.7 Å². The molecule has 0 atom stereocenters. The Morgan fingerprint density at radius 2 is 1.67 bits per heavy atom. The summed E-state index contributed by atoms with van der Waals surface area (Å²) in [4.78, 5) is 39.3. The van der Waals surface area contributed by atoms with Crippen molar-refractivity contribution < 1.29 is 19.1 Å². The molecule has 0 saturated heterocycles. The predicted octanol–water partition coefficient (Wildman–Crippen LogP) is 2.49. The normalized spacial score (nSPS) is 10.4. The number of H-pyrrole nitrogens is 1. The van der Waals surface area contributed by atoms with E-state index in [4.69, 9.17) is 16.3 Å². The lowest BCUT2D eigenvalue weighted by atomic mass is 10.1. The van der Waals surface area contributed by atoms with E-state index in [0.717, 1.165) is 0 Å². The van der Waals surface area contributed by atoms with E-state index in [1.165, 1.54) is 7.11 Å². The summed E-state index contributed by atoms with van der Waals surface area (Å²) in [6, 6.07) is 6.52. The van der Waals surface area contributed by atoms with Gasteiger partial charge in [-0.1, -0.05) is 18.5 Å². The molecule has 3 N–H and O–H groups in total. The molecule has 0 saturated carbocycles. The molecule has 0 aliphatic carbocycles. The lowest BCUT2D eigenvalue weighted by Crippen LogP contribution is -2.35.